The Hall–Kier alpha value is -2.89. The molecule has 0 saturated carbocycles. The Morgan fingerprint density at radius 3 is 2.32 bits per heavy atom. The van der Waals surface area contributed by atoms with Crippen molar-refractivity contribution in [2.75, 3.05) is 38.2 Å². The van der Waals surface area contributed by atoms with E-state index in [-0.39, 0.29) is 11.9 Å². The molecule has 130 valence electrons. The minimum Gasteiger partial charge on any atom is -0.465 e. The van der Waals surface area contributed by atoms with E-state index in [1.807, 2.05) is 12.1 Å². The Morgan fingerprint density at radius 1 is 0.960 bits per heavy atom. The molecule has 0 aliphatic carbocycles. The number of methoxy groups -OCH3 is 1. The lowest BCUT2D eigenvalue weighted by molar-refractivity contribution is 0.0600. The van der Waals surface area contributed by atoms with E-state index in [1.165, 1.54) is 25.3 Å². The Balaban J connectivity index is 1.66. The maximum absolute atomic E-state index is 13.3. The van der Waals surface area contributed by atoms with Gasteiger partial charge in [-0.25, -0.2) is 9.18 Å². The number of benzene rings is 2. The molecule has 0 bridgehead atoms. The Morgan fingerprint density at radius 2 is 1.64 bits per heavy atom. The van der Waals surface area contributed by atoms with Crippen LogP contribution in [0.3, 0.4) is 0 Å². The summed E-state index contributed by atoms with van der Waals surface area (Å²) in [7, 11) is 1.35. The summed E-state index contributed by atoms with van der Waals surface area (Å²) in [5.41, 5.74) is 1.78. The molecule has 0 N–H and O–H groups in total. The smallest absolute Gasteiger partial charge is 0.337 e. The van der Waals surface area contributed by atoms with Gasteiger partial charge in [0.1, 0.15) is 5.82 Å². The summed E-state index contributed by atoms with van der Waals surface area (Å²) in [5, 5.41) is 0. The van der Waals surface area contributed by atoms with Crippen molar-refractivity contribution in [1.82, 2.24) is 4.90 Å². The molecule has 0 atom stereocenters. The van der Waals surface area contributed by atoms with Crippen molar-refractivity contribution in [3.05, 3.63) is 65.5 Å². The molecule has 0 spiro atoms. The molecule has 1 heterocycles. The van der Waals surface area contributed by atoms with Crippen LogP contribution in [-0.4, -0.2) is 50.1 Å². The molecule has 2 aromatic carbocycles. The summed E-state index contributed by atoms with van der Waals surface area (Å²) >= 11 is 0. The number of anilines is 1. The number of nitrogens with zero attached hydrogens (tertiary/aromatic N) is 2. The molecule has 6 heteroatoms. The summed E-state index contributed by atoms with van der Waals surface area (Å²) in [5.74, 6) is -0.951. The standard InChI is InChI=1S/C19H19FN2O3/c1-25-19(24)15-5-3-7-17(13-15)21-8-10-22(11-9-21)18(23)14-4-2-6-16(20)12-14/h2-7,12-13H,8-11H2,1H3. The van der Waals surface area contributed by atoms with Crippen LogP contribution in [0.1, 0.15) is 20.7 Å². The van der Waals surface area contributed by atoms with Gasteiger partial charge in [0.25, 0.3) is 5.91 Å². The summed E-state index contributed by atoms with van der Waals surface area (Å²) in [6.07, 6.45) is 0. The first kappa shape index (κ1) is 17.0. The van der Waals surface area contributed by atoms with Crippen molar-refractivity contribution >= 4 is 17.6 Å². The van der Waals surface area contributed by atoms with Gasteiger partial charge in [-0.2, -0.15) is 0 Å². The van der Waals surface area contributed by atoms with Crippen molar-refractivity contribution in [3.8, 4) is 0 Å². The van der Waals surface area contributed by atoms with Crippen LogP contribution < -0.4 is 4.90 Å². The molecule has 0 unspecified atom stereocenters. The quantitative estimate of drug-likeness (QED) is 0.805. The molecule has 5 nitrogen and oxygen atoms in total. The maximum Gasteiger partial charge on any atom is 0.337 e. The van der Waals surface area contributed by atoms with Crippen LogP contribution in [-0.2, 0) is 4.74 Å². The molecule has 1 aliphatic heterocycles. The zero-order valence-electron chi connectivity index (χ0n) is 13.9. The van der Waals surface area contributed by atoms with Gasteiger partial charge in [-0.05, 0) is 36.4 Å². The second-order valence-corrected chi connectivity index (χ2v) is 5.83. The highest BCUT2D eigenvalue weighted by Gasteiger charge is 2.23. The molecule has 0 aromatic heterocycles. The van der Waals surface area contributed by atoms with Crippen LogP contribution in [0.4, 0.5) is 10.1 Å². The lowest BCUT2D eigenvalue weighted by atomic mass is 10.1. The molecular formula is C19H19FN2O3. The molecule has 1 aliphatic rings. The number of carbonyl (C=O) groups excluding carboxylic acids is 2. The van der Waals surface area contributed by atoms with Gasteiger partial charge in [-0.3, -0.25) is 4.79 Å². The van der Waals surface area contributed by atoms with Crippen molar-refractivity contribution in [3.63, 3.8) is 0 Å². The number of esters is 1. The van der Waals surface area contributed by atoms with Crippen molar-refractivity contribution in [1.29, 1.82) is 0 Å². The third kappa shape index (κ3) is 3.79. The third-order valence-electron chi connectivity index (χ3n) is 4.27. The molecular weight excluding hydrogens is 323 g/mol. The molecule has 3 rings (SSSR count). The minimum atomic E-state index is -0.413. The molecule has 1 saturated heterocycles. The highest BCUT2D eigenvalue weighted by molar-refractivity contribution is 5.94. The molecule has 25 heavy (non-hydrogen) atoms. The van der Waals surface area contributed by atoms with Crippen molar-refractivity contribution in [2.24, 2.45) is 0 Å². The number of ether oxygens (including phenoxy) is 1. The highest BCUT2D eigenvalue weighted by Crippen LogP contribution is 2.19. The van der Waals surface area contributed by atoms with E-state index in [2.05, 4.69) is 4.90 Å². The van der Waals surface area contributed by atoms with Crippen LogP contribution in [0.5, 0.6) is 0 Å². The van der Waals surface area contributed by atoms with E-state index >= 15 is 0 Å². The van der Waals surface area contributed by atoms with Gasteiger partial charge in [0.15, 0.2) is 0 Å². The molecule has 1 fully saturated rings. The number of amides is 1. The average molecular weight is 342 g/mol. The average Bonchev–Trinajstić information content (AvgIpc) is 2.67. The number of rotatable bonds is 3. The normalized spacial score (nSPS) is 14.3. The van der Waals surface area contributed by atoms with Gasteiger partial charge in [0.2, 0.25) is 0 Å². The van der Waals surface area contributed by atoms with Crippen LogP contribution in [0.15, 0.2) is 48.5 Å². The van der Waals surface area contributed by atoms with E-state index in [1.54, 1.807) is 23.1 Å². The summed E-state index contributed by atoms with van der Waals surface area (Å²) < 4.78 is 18.0. The van der Waals surface area contributed by atoms with E-state index in [0.29, 0.717) is 37.3 Å². The third-order valence-corrected chi connectivity index (χ3v) is 4.27. The number of halogens is 1. The van der Waals surface area contributed by atoms with E-state index in [0.717, 1.165) is 5.69 Å². The van der Waals surface area contributed by atoms with Crippen LogP contribution >= 0.6 is 0 Å². The number of piperazine rings is 1. The number of hydrogen-bond donors (Lipinski definition) is 0. The fourth-order valence-corrected chi connectivity index (χ4v) is 2.92. The monoisotopic (exact) mass is 342 g/mol. The second-order valence-electron chi connectivity index (χ2n) is 5.83. The van der Waals surface area contributed by atoms with Crippen molar-refractivity contribution < 1.29 is 18.7 Å². The van der Waals surface area contributed by atoms with Crippen LogP contribution in [0, 0.1) is 5.82 Å². The summed E-state index contributed by atoms with van der Waals surface area (Å²) in [6.45, 7) is 2.37. The van der Waals surface area contributed by atoms with Gasteiger partial charge in [-0.15, -0.1) is 0 Å². The zero-order chi connectivity index (χ0) is 17.8. The minimum absolute atomic E-state index is 0.164. The van der Waals surface area contributed by atoms with E-state index in [9.17, 15) is 14.0 Å². The van der Waals surface area contributed by atoms with E-state index in [4.69, 9.17) is 4.74 Å². The first-order valence-electron chi connectivity index (χ1n) is 8.06. The number of hydrogen-bond acceptors (Lipinski definition) is 4. The molecule has 0 radical (unpaired) electrons. The fourth-order valence-electron chi connectivity index (χ4n) is 2.92. The first-order valence-corrected chi connectivity index (χ1v) is 8.06. The maximum atomic E-state index is 13.3. The van der Waals surface area contributed by atoms with Crippen LogP contribution in [0.25, 0.3) is 0 Å². The fraction of sp³-hybridized carbons (Fsp3) is 0.263. The predicted molar refractivity (Wildman–Crippen MR) is 92.3 cm³/mol. The lowest BCUT2D eigenvalue weighted by Gasteiger charge is -2.36. The predicted octanol–water partition coefficient (Wildman–Crippen LogP) is 2.57. The SMILES string of the molecule is COC(=O)c1cccc(N2CCN(C(=O)c3cccc(F)c3)CC2)c1. The van der Waals surface area contributed by atoms with Gasteiger partial charge < -0.3 is 14.5 Å². The van der Waals surface area contributed by atoms with Gasteiger partial charge in [-0.1, -0.05) is 12.1 Å². The number of carbonyl (C=O) groups is 2. The van der Waals surface area contributed by atoms with E-state index < -0.39 is 5.82 Å². The van der Waals surface area contributed by atoms with Crippen molar-refractivity contribution in [2.45, 2.75) is 0 Å². The van der Waals surface area contributed by atoms with Gasteiger partial charge in [0.05, 0.1) is 12.7 Å². The molecule has 2 aromatic rings. The Bertz CT molecular complexity index is 786. The van der Waals surface area contributed by atoms with Gasteiger partial charge >= 0.3 is 5.97 Å². The first-order chi connectivity index (χ1) is 12.1. The lowest BCUT2D eigenvalue weighted by Crippen LogP contribution is -2.48. The van der Waals surface area contributed by atoms with Gasteiger partial charge in [0, 0.05) is 37.4 Å². The largest absolute Gasteiger partial charge is 0.465 e. The second kappa shape index (κ2) is 7.34. The van der Waals surface area contributed by atoms with Crippen LogP contribution in [0.2, 0.25) is 0 Å². The summed E-state index contributed by atoms with van der Waals surface area (Å²) in [4.78, 5) is 27.9. The topological polar surface area (TPSA) is 49.9 Å². The summed E-state index contributed by atoms with van der Waals surface area (Å²) in [6, 6.07) is 13.0. The Labute approximate surface area is 145 Å². The zero-order valence-corrected chi connectivity index (χ0v) is 13.9. The Kier molecular flexibility index (Phi) is 4.97. The highest BCUT2D eigenvalue weighted by atomic mass is 19.1. The molecule has 1 amide bonds.